The molecular formula is C17H16NO2P. The van der Waals surface area contributed by atoms with Gasteiger partial charge in [-0.2, -0.15) is 5.26 Å². The number of hydrogen-bond acceptors (Lipinski definition) is 3. The molecular weight excluding hydrogens is 281 g/mol. The van der Waals surface area contributed by atoms with E-state index >= 15 is 0 Å². The summed E-state index contributed by atoms with van der Waals surface area (Å²) in [5.74, 6) is 0. The van der Waals surface area contributed by atoms with Gasteiger partial charge in [-0.1, -0.05) is 48.5 Å². The number of hydrogen-bond donors (Lipinski definition) is 0. The lowest BCUT2D eigenvalue weighted by Crippen LogP contribution is -2.08. The van der Waals surface area contributed by atoms with Crippen LogP contribution in [0.15, 0.2) is 66.0 Å². The van der Waals surface area contributed by atoms with Crippen LogP contribution in [0.5, 0.6) is 0 Å². The molecule has 0 radical (unpaired) electrons. The Bertz CT molecular complexity index is 703. The van der Waals surface area contributed by atoms with Gasteiger partial charge in [-0.3, -0.25) is 4.57 Å². The first-order chi connectivity index (χ1) is 10.2. The zero-order valence-corrected chi connectivity index (χ0v) is 12.7. The van der Waals surface area contributed by atoms with Gasteiger partial charge in [0.1, 0.15) is 11.4 Å². The second-order valence-corrected chi connectivity index (χ2v) is 6.72. The molecule has 0 amide bonds. The van der Waals surface area contributed by atoms with Gasteiger partial charge in [0.05, 0.1) is 6.61 Å². The second-order valence-electron chi connectivity index (χ2n) is 4.36. The molecule has 1 atom stereocenters. The summed E-state index contributed by atoms with van der Waals surface area (Å²) in [5, 5.41) is 10.1. The highest BCUT2D eigenvalue weighted by atomic mass is 31.2. The molecule has 0 fully saturated rings. The molecule has 106 valence electrons. The molecule has 0 spiro atoms. The molecule has 0 aromatic heterocycles. The molecule has 2 rings (SSSR count). The first-order valence-electron chi connectivity index (χ1n) is 6.68. The summed E-state index contributed by atoms with van der Waals surface area (Å²) in [6.07, 6.45) is 1.63. The van der Waals surface area contributed by atoms with E-state index in [0.29, 0.717) is 5.30 Å². The van der Waals surface area contributed by atoms with Crippen molar-refractivity contribution in [3.63, 3.8) is 0 Å². The van der Waals surface area contributed by atoms with Crippen molar-refractivity contribution >= 4 is 18.7 Å². The molecule has 0 aliphatic heterocycles. The third-order valence-corrected chi connectivity index (χ3v) is 5.40. The van der Waals surface area contributed by atoms with Crippen molar-refractivity contribution in [1.82, 2.24) is 0 Å². The molecule has 21 heavy (non-hydrogen) atoms. The maximum atomic E-state index is 13.2. The number of allylic oxidation sites excluding steroid dienone is 1. The van der Waals surface area contributed by atoms with Gasteiger partial charge < -0.3 is 4.52 Å². The topological polar surface area (TPSA) is 50.1 Å². The maximum absolute atomic E-state index is 13.2. The highest BCUT2D eigenvalue weighted by Gasteiger charge is 2.30. The summed E-state index contributed by atoms with van der Waals surface area (Å²) in [6.45, 7) is 2.05. The van der Waals surface area contributed by atoms with Crippen LogP contribution in [0, 0.1) is 11.3 Å². The number of nitrogens with zero attached hydrogens (tertiary/aromatic N) is 1. The number of rotatable bonds is 5. The summed E-state index contributed by atoms with van der Waals surface area (Å²) in [6, 6.07) is 20.3. The van der Waals surface area contributed by atoms with Crippen LogP contribution in [0.1, 0.15) is 12.5 Å². The van der Waals surface area contributed by atoms with Crippen molar-refractivity contribution in [2.45, 2.75) is 6.92 Å². The largest absolute Gasteiger partial charge is 0.322 e. The Kier molecular flexibility index (Phi) is 5.11. The van der Waals surface area contributed by atoms with Crippen molar-refractivity contribution in [2.75, 3.05) is 6.61 Å². The van der Waals surface area contributed by atoms with E-state index in [-0.39, 0.29) is 11.9 Å². The molecule has 0 aliphatic rings. The summed E-state index contributed by atoms with van der Waals surface area (Å²) < 4.78 is 18.7. The Hall–Kier alpha value is -2.14. The van der Waals surface area contributed by atoms with Crippen LogP contribution in [-0.4, -0.2) is 6.61 Å². The van der Waals surface area contributed by atoms with Crippen LogP contribution >= 0.6 is 7.37 Å². The molecule has 2 aromatic rings. The summed E-state index contributed by atoms with van der Waals surface area (Å²) in [4.78, 5) is 0. The van der Waals surface area contributed by atoms with Crippen LogP contribution in [0.4, 0.5) is 0 Å². The normalized spacial score (nSPS) is 14.2. The Labute approximate surface area is 125 Å². The lowest BCUT2D eigenvalue weighted by Gasteiger charge is -2.17. The van der Waals surface area contributed by atoms with Gasteiger partial charge in [0.25, 0.3) is 7.37 Å². The molecule has 4 heteroatoms. The van der Waals surface area contributed by atoms with E-state index in [2.05, 4.69) is 0 Å². The SMILES string of the molecule is CCOP(=O)(/C(C#N)=C/c1ccccc1)c1ccccc1. The van der Waals surface area contributed by atoms with Crippen molar-refractivity contribution in [1.29, 1.82) is 5.26 Å². The molecule has 0 saturated carbocycles. The van der Waals surface area contributed by atoms with Crippen LogP contribution in [0.2, 0.25) is 0 Å². The van der Waals surface area contributed by atoms with Gasteiger partial charge in [-0.05, 0) is 30.7 Å². The van der Waals surface area contributed by atoms with Gasteiger partial charge in [0, 0.05) is 5.30 Å². The van der Waals surface area contributed by atoms with Gasteiger partial charge in [-0.15, -0.1) is 0 Å². The first kappa shape index (κ1) is 15.3. The minimum Gasteiger partial charge on any atom is -0.322 e. The summed E-state index contributed by atoms with van der Waals surface area (Å²) >= 11 is 0. The highest BCUT2D eigenvalue weighted by molar-refractivity contribution is 7.71. The van der Waals surface area contributed by atoms with E-state index in [1.54, 1.807) is 37.3 Å². The minimum absolute atomic E-state index is 0.154. The fourth-order valence-electron chi connectivity index (χ4n) is 1.98. The number of benzene rings is 2. The molecule has 0 bridgehead atoms. The zero-order valence-electron chi connectivity index (χ0n) is 11.8. The van der Waals surface area contributed by atoms with E-state index in [9.17, 15) is 9.83 Å². The Morgan fingerprint density at radius 2 is 1.71 bits per heavy atom. The average molecular weight is 297 g/mol. The van der Waals surface area contributed by atoms with Gasteiger partial charge in [-0.25, -0.2) is 0 Å². The molecule has 3 nitrogen and oxygen atoms in total. The van der Waals surface area contributed by atoms with Crippen LogP contribution in [-0.2, 0) is 9.09 Å². The van der Waals surface area contributed by atoms with Gasteiger partial charge in [0.2, 0.25) is 0 Å². The summed E-state index contributed by atoms with van der Waals surface area (Å²) in [7, 11) is -3.35. The molecule has 0 saturated heterocycles. The van der Waals surface area contributed by atoms with Crippen LogP contribution in [0.25, 0.3) is 6.08 Å². The molecule has 1 unspecified atom stereocenters. The van der Waals surface area contributed by atoms with Crippen LogP contribution < -0.4 is 5.30 Å². The smallest absolute Gasteiger partial charge is 0.271 e. The van der Waals surface area contributed by atoms with Crippen molar-refractivity contribution in [3.8, 4) is 6.07 Å². The Balaban J connectivity index is 2.53. The lowest BCUT2D eigenvalue weighted by molar-refractivity contribution is 0.346. The van der Waals surface area contributed by atoms with Crippen molar-refractivity contribution in [3.05, 3.63) is 71.5 Å². The van der Waals surface area contributed by atoms with Gasteiger partial charge in [0.15, 0.2) is 0 Å². The summed E-state index contributed by atoms with van der Waals surface area (Å²) in [5.41, 5.74) is 0.824. The molecule has 2 aromatic carbocycles. The molecule has 0 heterocycles. The quantitative estimate of drug-likeness (QED) is 0.614. The minimum atomic E-state index is -3.35. The average Bonchev–Trinajstić information content (AvgIpc) is 2.54. The maximum Gasteiger partial charge on any atom is 0.271 e. The predicted octanol–water partition coefficient (Wildman–Crippen LogP) is 4.19. The lowest BCUT2D eigenvalue weighted by atomic mass is 10.2. The van der Waals surface area contributed by atoms with E-state index in [1.165, 1.54) is 0 Å². The van der Waals surface area contributed by atoms with Gasteiger partial charge >= 0.3 is 0 Å². The Morgan fingerprint density at radius 1 is 1.14 bits per heavy atom. The van der Waals surface area contributed by atoms with E-state index in [4.69, 9.17) is 4.52 Å². The van der Waals surface area contributed by atoms with Crippen molar-refractivity contribution < 1.29 is 9.09 Å². The predicted molar refractivity (Wildman–Crippen MR) is 85.3 cm³/mol. The van der Waals surface area contributed by atoms with Crippen LogP contribution in [0.3, 0.4) is 0 Å². The first-order valence-corrected chi connectivity index (χ1v) is 8.31. The van der Waals surface area contributed by atoms with E-state index < -0.39 is 7.37 Å². The second kappa shape index (κ2) is 7.04. The monoisotopic (exact) mass is 297 g/mol. The highest BCUT2D eigenvalue weighted by Crippen LogP contribution is 2.54. The fraction of sp³-hybridized carbons (Fsp3) is 0.118. The van der Waals surface area contributed by atoms with E-state index in [0.717, 1.165) is 5.56 Å². The zero-order chi connectivity index (χ0) is 15.1. The fourth-order valence-corrected chi connectivity index (χ4v) is 3.92. The van der Waals surface area contributed by atoms with Crippen molar-refractivity contribution in [2.24, 2.45) is 0 Å². The Morgan fingerprint density at radius 3 is 2.24 bits per heavy atom. The third kappa shape index (κ3) is 3.49. The standard InChI is InChI=1S/C17H16NO2P/c1-2-20-21(19,16-11-7-4-8-12-16)17(14-18)13-15-9-5-3-6-10-15/h3-13H,2H2,1H3/b17-13+. The molecule has 0 aliphatic carbocycles. The molecule has 0 N–H and O–H groups in total. The third-order valence-electron chi connectivity index (χ3n) is 2.94. The van der Waals surface area contributed by atoms with E-state index in [1.807, 2.05) is 42.5 Å². The number of nitriles is 1.